The van der Waals surface area contributed by atoms with E-state index in [-0.39, 0.29) is 6.23 Å². The number of hydrogen-bond donors (Lipinski definition) is 0. The van der Waals surface area contributed by atoms with E-state index >= 15 is 0 Å². The van der Waals surface area contributed by atoms with Crippen molar-refractivity contribution < 1.29 is 9.47 Å². The quantitative estimate of drug-likeness (QED) is 0.721. The Morgan fingerprint density at radius 3 is 2.91 bits per heavy atom. The molecule has 0 bridgehead atoms. The fourth-order valence-electron chi connectivity index (χ4n) is 2.73. The topological polar surface area (TPSA) is 65.3 Å². The Hall–Kier alpha value is -2.67. The number of ether oxygens (including phenoxy) is 2. The normalized spacial score (nSPS) is 17.4. The van der Waals surface area contributed by atoms with Crippen LogP contribution in [0.5, 0.6) is 5.75 Å². The fourth-order valence-corrected chi connectivity index (χ4v) is 2.73. The second-order valence-corrected chi connectivity index (χ2v) is 5.60. The van der Waals surface area contributed by atoms with Gasteiger partial charge < -0.3 is 14.4 Å². The van der Waals surface area contributed by atoms with Gasteiger partial charge in [0.05, 0.1) is 6.61 Å². The highest BCUT2D eigenvalue weighted by molar-refractivity contribution is 5.83. The number of para-hydroxylation sites is 1. The van der Waals surface area contributed by atoms with Crippen LogP contribution >= 0.6 is 0 Å². The van der Waals surface area contributed by atoms with E-state index in [0.29, 0.717) is 18.9 Å². The van der Waals surface area contributed by atoms with Gasteiger partial charge >= 0.3 is 0 Å². The molecule has 3 aromatic rings. The maximum absolute atomic E-state index is 6.04. The molecule has 2 aromatic heterocycles. The first-order chi connectivity index (χ1) is 11.2. The van der Waals surface area contributed by atoms with Gasteiger partial charge in [0.25, 0.3) is 0 Å². The average Bonchev–Trinajstić information content (AvgIpc) is 2.88. The predicted octanol–water partition coefficient (Wildman–Crippen LogP) is 2.00. The van der Waals surface area contributed by atoms with Crippen molar-refractivity contribution in [3.05, 3.63) is 42.5 Å². The summed E-state index contributed by atoms with van der Waals surface area (Å²) >= 11 is 0. The van der Waals surface area contributed by atoms with Crippen molar-refractivity contribution in [2.24, 2.45) is 0 Å². The Morgan fingerprint density at radius 1 is 1.17 bits per heavy atom. The largest absolute Gasteiger partial charge is 0.488 e. The Balaban J connectivity index is 1.73. The maximum Gasteiger partial charge on any atom is 0.183 e. The molecule has 0 fully saturated rings. The second kappa shape index (κ2) is 5.51. The molecule has 7 heteroatoms. The van der Waals surface area contributed by atoms with E-state index in [9.17, 15) is 0 Å². The molecule has 7 nitrogen and oxygen atoms in total. The zero-order valence-electron chi connectivity index (χ0n) is 13.0. The molecule has 0 amide bonds. The lowest BCUT2D eigenvalue weighted by Crippen LogP contribution is -2.20. The van der Waals surface area contributed by atoms with Gasteiger partial charge in [0.15, 0.2) is 17.7 Å². The van der Waals surface area contributed by atoms with Crippen LogP contribution in [0.2, 0.25) is 0 Å². The number of nitrogens with zero attached hydrogens (tertiary/aromatic N) is 5. The van der Waals surface area contributed by atoms with Crippen LogP contribution in [0.1, 0.15) is 11.8 Å². The van der Waals surface area contributed by atoms with Gasteiger partial charge in [-0.1, -0.05) is 18.2 Å². The highest BCUT2D eigenvalue weighted by atomic mass is 16.6. The highest BCUT2D eigenvalue weighted by Gasteiger charge is 2.23. The minimum Gasteiger partial charge on any atom is -0.488 e. The first-order valence-corrected chi connectivity index (χ1v) is 7.41. The molecule has 0 saturated carbocycles. The fraction of sp³-hybridized carbons (Fsp3) is 0.312. The van der Waals surface area contributed by atoms with Crippen molar-refractivity contribution in [3.8, 4) is 5.75 Å². The zero-order chi connectivity index (χ0) is 15.8. The third kappa shape index (κ3) is 2.39. The molecular formula is C16H17N5O2. The van der Waals surface area contributed by atoms with Crippen LogP contribution in [0.15, 0.2) is 36.9 Å². The van der Waals surface area contributed by atoms with Gasteiger partial charge in [-0.15, -0.1) is 0 Å². The molecule has 1 unspecified atom stereocenters. The van der Waals surface area contributed by atoms with Crippen molar-refractivity contribution in [2.75, 3.05) is 25.6 Å². The molecule has 1 aromatic carbocycles. The lowest BCUT2D eigenvalue weighted by molar-refractivity contribution is -0.0233. The van der Waals surface area contributed by atoms with E-state index in [1.807, 2.05) is 47.8 Å². The van der Waals surface area contributed by atoms with Crippen LogP contribution in [0.25, 0.3) is 11.2 Å². The Kier molecular flexibility index (Phi) is 3.34. The molecule has 0 radical (unpaired) electrons. The standard InChI is InChI=1S/C16H17N5O2/c1-20(2)16-14-15(17-9-18-16)19-10-21(14)13-8-22-12-6-4-3-5-11(12)7-23-13/h3-6,9-10,13H,7-8H2,1-2H3. The molecule has 1 aliphatic heterocycles. The van der Waals surface area contributed by atoms with Crippen molar-refractivity contribution in [1.29, 1.82) is 0 Å². The van der Waals surface area contributed by atoms with E-state index in [0.717, 1.165) is 22.6 Å². The number of rotatable bonds is 2. The molecular weight excluding hydrogens is 294 g/mol. The van der Waals surface area contributed by atoms with Crippen molar-refractivity contribution >= 4 is 17.0 Å². The summed E-state index contributed by atoms with van der Waals surface area (Å²) in [6.07, 6.45) is 2.98. The lowest BCUT2D eigenvalue weighted by atomic mass is 10.2. The number of anilines is 1. The first-order valence-electron chi connectivity index (χ1n) is 7.41. The van der Waals surface area contributed by atoms with Crippen LogP contribution in [-0.4, -0.2) is 40.2 Å². The summed E-state index contributed by atoms with van der Waals surface area (Å²) in [6.45, 7) is 0.899. The summed E-state index contributed by atoms with van der Waals surface area (Å²) in [5.74, 6) is 1.67. The smallest absolute Gasteiger partial charge is 0.183 e. The lowest BCUT2D eigenvalue weighted by Gasteiger charge is -2.19. The summed E-state index contributed by atoms with van der Waals surface area (Å²) in [6, 6.07) is 7.92. The third-order valence-corrected chi connectivity index (χ3v) is 3.87. The van der Waals surface area contributed by atoms with E-state index in [4.69, 9.17) is 9.47 Å². The minimum absolute atomic E-state index is 0.280. The average molecular weight is 311 g/mol. The molecule has 1 atom stereocenters. The first kappa shape index (κ1) is 14.0. The van der Waals surface area contributed by atoms with Gasteiger partial charge in [-0.3, -0.25) is 4.57 Å². The highest BCUT2D eigenvalue weighted by Crippen LogP contribution is 2.29. The molecule has 0 spiro atoms. The summed E-state index contributed by atoms with van der Waals surface area (Å²) in [5, 5.41) is 0. The van der Waals surface area contributed by atoms with Gasteiger partial charge in [-0.05, 0) is 6.07 Å². The summed E-state index contributed by atoms with van der Waals surface area (Å²) < 4.78 is 13.9. The van der Waals surface area contributed by atoms with Gasteiger partial charge in [0.2, 0.25) is 0 Å². The molecule has 1 aliphatic rings. The van der Waals surface area contributed by atoms with Crippen molar-refractivity contribution in [3.63, 3.8) is 0 Å². The van der Waals surface area contributed by atoms with Crippen LogP contribution in [0.4, 0.5) is 5.82 Å². The number of aromatic nitrogens is 4. The van der Waals surface area contributed by atoms with Gasteiger partial charge in [-0.2, -0.15) is 0 Å². The molecule has 23 heavy (non-hydrogen) atoms. The number of hydrogen-bond acceptors (Lipinski definition) is 6. The molecule has 4 rings (SSSR count). The zero-order valence-corrected chi connectivity index (χ0v) is 13.0. The van der Waals surface area contributed by atoms with Gasteiger partial charge in [-0.25, -0.2) is 15.0 Å². The van der Waals surface area contributed by atoms with Crippen molar-refractivity contribution in [1.82, 2.24) is 19.5 Å². The predicted molar refractivity (Wildman–Crippen MR) is 85.4 cm³/mol. The minimum atomic E-state index is -0.280. The molecule has 0 N–H and O–H groups in total. The number of benzene rings is 1. The van der Waals surface area contributed by atoms with E-state index in [1.165, 1.54) is 6.33 Å². The van der Waals surface area contributed by atoms with E-state index in [2.05, 4.69) is 15.0 Å². The summed E-state index contributed by atoms with van der Waals surface area (Å²) in [4.78, 5) is 14.9. The van der Waals surface area contributed by atoms with Crippen LogP contribution in [0, 0.1) is 0 Å². The number of fused-ring (bicyclic) bond motifs is 2. The van der Waals surface area contributed by atoms with Gasteiger partial charge in [0, 0.05) is 19.7 Å². The van der Waals surface area contributed by atoms with Crippen LogP contribution in [0.3, 0.4) is 0 Å². The van der Waals surface area contributed by atoms with Crippen molar-refractivity contribution in [2.45, 2.75) is 12.8 Å². The summed E-state index contributed by atoms with van der Waals surface area (Å²) in [7, 11) is 3.89. The maximum atomic E-state index is 6.04. The SMILES string of the molecule is CN(C)c1ncnc2ncn(C3COc4ccccc4CO3)c12. The Bertz CT molecular complexity index is 818. The van der Waals surface area contributed by atoms with E-state index < -0.39 is 0 Å². The summed E-state index contributed by atoms with van der Waals surface area (Å²) in [5.41, 5.74) is 2.54. The Morgan fingerprint density at radius 2 is 2.04 bits per heavy atom. The van der Waals surface area contributed by atoms with Crippen LogP contribution in [-0.2, 0) is 11.3 Å². The van der Waals surface area contributed by atoms with Gasteiger partial charge in [0.1, 0.15) is 30.5 Å². The molecule has 118 valence electrons. The molecule has 0 aliphatic carbocycles. The molecule has 0 saturated heterocycles. The van der Waals surface area contributed by atoms with E-state index in [1.54, 1.807) is 6.33 Å². The Labute approximate surface area is 133 Å². The molecule has 3 heterocycles. The third-order valence-electron chi connectivity index (χ3n) is 3.87. The number of imidazole rings is 1. The van der Waals surface area contributed by atoms with Crippen LogP contribution < -0.4 is 9.64 Å². The monoisotopic (exact) mass is 311 g/mol. The second-order valence-electron chi connectivity index (χ2n) is 5.60.